The van der Waals surface area contributed by atoms with Gasteiger partial charge in [-0.2, -0.15) is 0 Å². The van der Waals surface area contributed by atoms with E-state index in [4.69, 9.17) is 21.8 Å². The van der Waals surface area contributed by atoms with Crippen molar-refractivity contribution in [1.29, 1.82) is 0 Å². The Labute approximate surface area is 135 Å². The molecule has 1 aromatic carbocycles. The van der Waals surface area contributed by atoms with Crippen LogP contribution < -0.4 is 5.73 Å². The van der Waals surface area contributed by atoms with Gasteiger partial charge in [-0.1, -0.05) is 25.4 Å². The van der Waals surface area contributed by atoms with E-state index in [9.17, 15) is 4.79 Å². The second-order valence-electron chi connectivity index (χ2n) is 6.81. The summed E-state index contributed by atoms with van der Waals surface area (Å²) in [4.78, 5) is 14.7. The van der Waals surface area contributed by atoms with Gasteiger partial charge in [0.15, 0.2) is 5.76 Å². The summed E-state index contributed by atoms with van der Waals surface area (Å²) in [7, 11) is 0. The molecular weight excluding hydrogens is 300 g/mol. The molecular formula is C17H21ClN2O2. The fraction of sp³-hybridized carbons (Fsp3) is 0.471. The van der Waals surface area contributed by atoms with Crippen LogP contribution in [0.25, 0.3) is 11.0 Å². The first-order valence-electron chi connectivity index (χ1n) is 7.53. The van der Waals surface area contributed by atoms with E-state index in [2.05, 4.69) is 13.8 Å². The van der Waals surface area contributed by atoms with Crippen LogP contribution in [0.15, 0.2) is 22.6 Å². The molecule has 118 valence electrons. The monoisotopic (exact) mass is 320 g/mol. The number of piperidine rings is 1. The van der Waals surface area contributed by atoms with E-state index in [0.717, 1.165) is 17.4 Å². The Bertz CT molecular complexity index is 736. The molecule has 1 aliphatic heterocycles. The number of nitrogens with zero attached hydrogens (tertiary/aromatic N) is 1. The maximum atomic E-state index is 12.8. The third-order valence-corrected chi connectivity index (χ3v) is 4.93. The molecule has 0 radical (unpaired) electrons. The maximum absolute atomic E-state index is 12.8. The summed E-state index contributed by atoms with van der Waals surface area (Å²) in [6, 6.07) is 5.52. The van der Waals surface area contributed by atoms with Crippen LogP contribution in [0.2, 0.25) is 5.02 Å². The average molecular weight is 321 g/mol. The van der Waals surface area contributed by atoms with Crippen molar-refractivity contribution in [2.75, 3.05) is 13.1 Å². The largest absolute Gasteiger partial charge is 0.451 e. The molecule has 0 spiro atoms. The van der Waals surface area contributed by atoms with Gasteiger partial charge in [0, 0.05) is 35.1 Å². The van der Waals surface area contributed by atoms with Crippen LogP contribution in [-0.4, -0.2) is 29.9 Å². The maximum Gasteiger partial charge on any atom is 0.289 e. The van der Waals surface area contributed by atoms with Crippen LogP contribution in [0, 0.1) is 12.3 Å². The summed E-state index contributed by atoms with van der Waals surface area (Å²) in [6.07, 6.45) is 0.809. The van der Waals surface area contributed by atoms with E-state index >= 15 is 0 Å². The van der Waals surface area contributed by atoms with Gasteiger partial charge in [-0.05, 0) is 37.0 Å². The molecule has 0 aliphatic carbocycles. The van der Waals surface area contributed by atoms with Crippen LogP contribution in [0.5, 0.6) is 0 Å². The number of carbonyl (C=O) groups is 1. The first-order valence-corrected chi connectivity index (χ1v) is 7.91. The Balaban J connectivity index is 1.94. The normalized spacial score (nSPS) is 21.3. The Kier molecular flexibility index (Phi) is 3.69. The molecule has 5 heteroatoms. The quantitative estimate of drug-likeness (QED) is 0.873. The third-order valence-electron chi connectivity index (χ3n) is 4.69. The highest BCUT2D eigenvalue weighted by Crippen LogP contribution is 2.32. The van der Waals surface area contributed by atoms with E-state index in [0.29, 0.717) is 29.5 Å². The number of aryl methyl sites for hydroxylation is 1. The lowest BCUT2D eigenvalue weighted by atomic mass is 9.79. The number of hydrogen-bond acceptors (Lipinski definition) is 3. The minimum Gasteiger partial charge on any atom is -0.451 e. The van der Waals surface area contributed by atoms with Gasteiger partial charge in [0.2, 0.25) is 0 Å². The number of likely N-dealkylation sites (tertiary alicyclic amines) is 1. The Morgan fingerprint density at radius 3 is 2.86 bits per heavy atom. The highest BCUT2D eigenvalue weighted by atomic mass is 35.5. The van der Waals surface area contributed by atoms with Crippen LogP contribution in [0.1, 0.15) is 36.4 Å². The summed E-state index contributed by atoms with van der Waals surface area (Å²) in [5.74, 6) is 0.341. The third kappa shape index (κ3) is 2.50. The first-order chi connectivity index (χ1) is 10.3. The number of fused-ring (bicyclic) bond motifs is 1. The molecule has 22 heavy (non-hydrogen) atoms. The number of halogens is 1. The lowest BCUT2D eigenvalue weighted by Gasteiger charge is -2.42. The molecule has 4 nitrogen and oxygen atoms in total. The van der Waals surface area contributed by atoms with Gasteiger partial charge in [0.25, 0.3) is 5.91 Å². The van der Waals surface area contributed by atoms with Gasteiger partial charge < -0.3 is 15.1 Å². The lowest BCUT2D eigenvalue weighted by Crippen LogP contribution is -2.54. The topological polar surface area (TPSA) is 59.5 Å². The summed E-state index contributed by atoms with van der Waals surface area (Å²) in [5, 5.41) is 1.53. The van der Waals surface area contributed by atoms with Crippen molar-refractivity contribution in [3.05, 3.63) is 34.5 Å². The van der Waals surface area contributed by atoms with Crippen LogP contribution in [0.3, 0.4) is 0 Å². The number of furan rings is 1. The van der Waals surface area contributed by atoms with Crippen molar-refractivity contribution in [2.24, 2.45) is 11.1 Å². The highest BCUT2D eigenvalue weighted by molar-refractivity contribution is 6.31. The standard InChI is InChI=1S/C17H21ClN2O2/c1-10-12-8-11(18)4-5-13(12)22-15(10)16(21)20-7-6-14(19)17(2,3)9-20/h4-5,8,14H,6-7,9,19H2,1-3H3. The van der Waals surface area contributed by atoms with Crippen molar-refractivity contribution >= 4 is 28.5 Å². The first kappa shape index (κ1) is 15.4. The van der Waals surface area contributed by atoms with Crippen molar-refractivity contribution < 1.29 is 9.21 Å². The molecule has 2 heterocycles. The Morgan fingerprint density at radius 1 is 1.45 bits per heavy atom. The van der Waals surface area contributed by atoms with Crippen molar-refractivity contribution in [1.82, 2.24) is 4.90 Å². The van der Waals surface area contributed by atoms with E-state index in [1.807, 2.05) is 17.9 Å². The fourth-order valence-electron chi connectivity index (χ4n) is 3.09. The zero-order valence-corrected chi connectivity index (χ0v) is 13.9. The molecule has 1 amide bonds. The number of hydrogen-bond donors (Lipinski definition) is 1. The summed E-state index contributed by atoms with van der Waals surface area (Å²) < 4.78 is 5.78. The molecule has 0 saturated carbocycles. The molecule has 1 atom stereocenters. The molecule has 1 aliphatic rings. The van der Waals surface area contributed by atoms with Gasteiger partial charge in [-0.25, -0.2) is 0 Å². The molecule has 2 aromatic rings. The lowest BCUT2D eigenvalue weighted by molar-refractivity contribution is 0.0504. The van der Waals surface area contributed by atoms with E-state index < -0.39 is 0 Å². The van der Waals surface area contributed by atoms with Crippen molar-refractivity contribution in [3.8, 4) is 0 Å². The van der Waals surface area contributed by atoms with Gasteiger partial charge in [0.1, 0.15) is 5.58 Å². The summed E-state index contributed by atoms with van der Waals surface area (Å²) in [6.45, 7) is 7.41. The molecule has 3 rings (SSSR count). The minimum absolute atomic E-state index is 0.0650. The zero-order valence-electron chi connectivity index (χ0n) is 13.1. The number of benzene rings is 1. The second-order valence-corrected chi connectivity index (χ2v) is 7.24. The van der Waals surface area contributed by atoms with Crippen molar-refractivity contribution in [2.45, 2.75) is 33.2 Å². The van der Waals surface area contributed by atoms with Crippen LogP contribution in [-0.2, 0) is 0 Å². The summed E-state index contributed by atoms with van der Waals surface area (Å²) in [5.41, 5.74) is 7.59. The fourth-order valence-corrected chi connectivity index (χ4v) is 3.26. The Morgan fingerprint density at radius 2 is 2.18 bits per heavy atom. The molecule has 2 N–H and O–H groups in total. The SMILES string of the molecule is Cc1c(C(=O)N2CCC(N)C(C)(C)C2)oc2ccc(Cl)cc12. The van der Waals surface area contributed by atoms with E-state index in [1.54, 1.807) is 12.1 Å². The average Bonchev–Trinajstić information content (AvgIpc) is 2.78. The van der Waals surface area contributed by atoms with E-state index in [-0.39, 0.29) is 17.4 Å². The van der Waals surface area contributed by atoms with E-state index in [1.165, 1.54) is 0 Å². The predicted octanol–water partition coefficient (Wildman–Crippen LogP) is 3.59. The smallest absolute Gasteiger partial charge is 0.289 e. The second kappa shape index (κ2) is 5.28. The number of amides is 1. The predicted molar refractivity (Wildman–Crippen MR) is 88.2 cm³/mol. The van der Waals surface area contributed by atoms with Gasteiger partial charge in [0.05, 0.1) is 0 Å². The van der Waals surface area contributed by atoms with Gasteiger partial charge in [-0.15, -0.1) is 0 Å². The number of carbonyl (C=O) groups excluding carboxylic acids is 1. The zero-order chi connectivity index (χ0) is 16.1. The molecule has 0 bridgehead atoms. The molecule has 1 fully saturated rings. The van der Waals surface area contributed by atoms with Gasteiger partial charge >= 0.3 is 0 Å². The van der Waals surface area contributed by atoms with Crippen LogP contribution in [0.4, 0.5) is 0 Å². The van der Waals surface area contributed by atoms with Gasteiger partial charge in [-0.3, -0.25) is 4.79 Å². The molecule has 1 aromatic heterocycles. The summed E-state index contributed by atoms with van der Waals surface area (Å²) >= 11 is 6.03. The highest BCUT2D eigenvalue weighted by Gasteiger charge is 2.36. The number of rotatable bonds is 1. The minimum atomic E-state index is -0.0862. The van der Waals surface area contributed by atoms with Crippen LogP contribution >= 0.6 is 11.6 Å². The molecule has 1 unspecified atom stereocenters. The Hall–Kier alpha value is -1.52. The van der Waals surface area contributed by atoms with Crippen molar-refractivity contribution in [3.63, 3.8) is 0 Å². The molecule has 1 saturated heterocycles. The number of nitrogens with two attached hydrogens (primary N) is 1.